The van der Waals surface area contributed by atoms with E-state index in [0.717, 1.165) is 32.1 Å². The second kappa shape index (κ2) is 6.18. The first kappa shape index (κ1) is 15.0. The van der Waals surface area contributed by atoms with Crippen LogP contribution in [0.25, 0.3) is 0 Å². The van der Waals surface area contributed by atoms with Crippen LogP contribution in [0, 0.1) is 5.92 Å². The van der Waals surface area contributed by atoms with E-state index in [1.54, 1.807) is 6.92 Å². The fourth-order valence-electron chi connectivity index (χ4n) is 2.32. The third-order valence-corrected chi connectivity index (χ3v) is 3.93. The van der Waals surface area contributed by atoms with Gasteiger partial charge in [-0.3, -0.25) is 4.79 Å². The molecule has 1 fully saturated rings. The van der Waals surface area contributed by atoms with Gasteiger partial charge in [-0.05, 0) is 32.1 Å². The quantitative estimate of drug-likeness (QED) is 0.690. The number of hydrogen-bond acceptors (Lipinski definition) is 3. The maximum Gasteiger partial charge on any atom is 0.326 e. The molecule has 4 N–H and O–H groups in total. The molecule has 0 saturated heterocycles. The number of carboxylic acids is 1. The average Bonchev–Trinajstić information content (AvgIpc) is 2.36. The number of hydrogen-bond donors (Lipinski definition) is 3. The lowest BCUT2D eigenvalue weighted by Gasteiger charge is -2.31. The Morgan fingerprint density at radius 1 is 1.39 bits per heavy atom. The molecule has 1 amide bonds. The predicted molar refractivity (Wildman–Crippen MR) is 69.0 cm³/mol. The molecular formula is C13H24N2O3. The van der Waals surface area contributed by atoms with E-state index in [4.69, 9.17) is 5.73 Å². The highest BCUT2D eigenvalue weighted by Gasteiger charge is 2.35. The number of carboxylic acid groups (broad SMARTS) is 1. The molecule has 5 nitrogen and oxygen atoms in total. The molecule has 0 aromatic carbocycles. The highest BCUT2D eigenvalue weighted by molar-refractivity contribution is 5.89. The van der Waals surface area contributed by atoms with E-state index in [0.29, 0.717) is 6.42 Å². The molecule has 0 aromatic heterocycles. The largest absolute Gasteiger partial charge is 0.480 e. The minimum absolute atomic E-state index is 0.0351. The lowest BCUT2D eigenvalue weighted by atomic mass is 9.83. The maximum absolute atomic E-state index is 12.0. The fraction of sp³-hybridized carbons (Fsp3) is 0.846. The number of nitrogens with two attached hydrogens (primary N) is 1. The van der Waals surface area contributed by atoms with Crippen molar-refractivity contribution in [2.75, 3.05) is 0 Å². The molecule has 18 heavy (non-hydrogen) atoms. The van der Waals surface area contributed by atoms with Gasteiger partial charge in [0.15, 0.2) is 0 Å². The van der Waals surface area contributed by atoms with Crippen LogP contribution in [0.15, 0.2) is 0 Å². The first-order valence-corrected chi connectivity index (χ1v) is 6.71. The van der Waals surface area contributed by atoms with Crippen LogP contribution >= 0.6 is 0 Å². The summed E-state index contributed by atoms with van der Waals surface area (Å²) in [7, 11) is 0. The third kappa shape index (κ3) is 3.70. The summed E-state index contributed by atoms with van der Waals surface area (Å²) < 4.78 is 0. The lowest BCUT2D eigenvalue weighted by Crippen LogP contribution is -2.57. The third-order valence-electron chi connectivity index (χ3n) is 3.93. The van der Waals surface area contributed by atoms with Gasteiger partial charge < -0.3 is 16.2 Å². The van der Waals surface area contributed by atoms with Gasteiger partial charge in [-0.2, -0.15) is 0 Å². The van der Waals surface area contributed by atoms with Gasteiger partial charge in [0, 0.05) is 0 Å². The zero-order valence-electron chi connectivity index (χ0n) is 11.2. The van der Waals surface area contributed by atoms with Gasteiger partial charge in [0.2, 0.25) is 5.91 Å². The van der Waals surface area contributed by atoms with Crippen LogP contribution < -0.4 is 11.1 Å². The molecule has 1 rings (SSSR count). The smallest absolute Gasteiger partial charge is 0.326 e. The number of aliphatic carboxylic acids is 1. The van der Waals surface area contributed by atoms with Crippen molar-refractivity contribution in [2.24, 2.45) is 11.7 Å². The number of rotatable bonds is 5. The highest BCUT2D eigenvalue weighted by Crippen LogP contribution is 2.27. The standard InChI is InChI=1S/C13H24N2O3/c1-3-13(2,14)12(18)15-10(11(16)17)9-7-5-4-6-8-9/h9-10H,3-8,14H2,1-2H3,(H,15,18)(H,16,17). The average molecular weight is 256 g/mol. The van der Waals surface area contributed by atoms with Crippen LogP contribution in [0.3, 0.4) is 0 Å². The summed E-state index contributed by atoms with van der Waals surface area (Å²) in [5.74, 6) is -1.29. The fourth-order valence-corrected chi connectivity index (χ4v) is 2.32. The Kier molecular flexibility index (Phi) is 5.14. The topological polar surface area (TPSA) is 92.4 Å². The summed E-state index contributed by atoms with van der Waals surface area (Å²) >= 11 is 0. The lowest BCUT2D eigenvalue weighted by molar-refractivity contribution is -0.144. The van der Waals surface area contributed by atoms with E-state index in [1.807, 2.05) is 6.92 Å². The van der Waals surface area contributed by atoms with E-state index in [9.17, 15) is 14.7 Å². The van der Waals surface area contributed by atoms with Gasteiger partial charge in [0.05, 0.1) is 5.54 Å². The first-order valence-electron chi connectivity index (χ1n) is 6.71. The van der Waals surface area contributed by atoms with Gasteiger partial charge >= 0.3 is 5.97 Å². The molecule has 0 heterocycles. The van der Waals surface area contributed by atoms with Gasteiger partial charge in [0.1, 0.15) is 6.04 Å². The van der Waals surface area contributed by atoms with Crippen LogP contribution in [0.1, 0.15) is 52.4 Å². The summed E-state index contributed by atoms with van der Waals surface area (Å²) in [5, 5.41) is 11.9. The Bertz CT molecular complexity index is 309. The summed E-state index contributed by atoms with van der Waals surface area (Å²) in [6.07, 6.45) is 5.45. The second-order valence-electron chi connectivity index (χ2n) is 5.46. The van der Waals surface area contributed by atoms with Crippen molar-refractivity contribution >= 4 is 11.9 Å². The molecule has 104 valence electrons. The number of nitrogens with one attached hydrogen (secondary N) is 1. The van der Waals surface area contributed by atoms with E-state index < -0.39 is 17.6 Å². The van der Waals surface area contributed by atoms with Crippen LogP contribution in [0.2, 0.25) is 0 Å². The van der Waals surface area contributed by atoms with Crippen molar-refractivity contribution in [1.29, 1.82) is 0 Å². The molecule has 0 bridgehead atoms. The van der Waals surface area contributed by atoms with Crippen molar-refractivity contribution in [3.8, 4) is 0 Å². The Morgan fingerprint density at radius 3 is 2.39 bits per heavy atom. The molecular weight excluding hydrogens is 232 g/mol. The van der Waals surface area contributed by atoms with Crippen molar-refractivity contribution in [2.45, 2.75) is 64.0 Å². The number of amides is 1. The number of carbonyl (C=O) groups excluding carboxylic acids is 1. The zero-order chi connectivity index (χ0) is 13.8. The van der Waals surface area contributed by atoms with Crippen LogP contribution in [-0.4, -0.2) is 28.6 Å². The maximum atomic E-state index is 12.0. The van der Waals surface area contributed by atoms with E-state index >= 15 is 0 Å². The van der Waals surface area contributed by atoms with Crippen molar-refractivity contribution in [3.05, 3.63) is 0 Å². The molecule has 0 radical (unpaired) electrons. The summed E-state index contributed by atoms with van der Waals surface area (Å²) in [4.78, 5) is 23.2. The van der Waals surface area contributed by atoms with Crippen LogP contribution in [0.5, 0.6) is 0 Å². The first-order chi connectivity index (χ1) is 8.38. The molecule has 5 heteroatoms. The molecule has 0 spiro atoms. The highest BCUT2D eigenvalue weighted by atomic mass is 16.4. The molecule has 2 unspecified atom stereocenters. The molecule has 1 saturated carbocycles. The molecule has 1 aliphatic rings. The van der Waals surface area contributed by atoms with Crippen molar-refractivity contribution in [1.82, 2.24) is 5.32 Å². The zero-order valence-corrected chi connectivity index (χ0v) is 11.2. The molecule has 0 aromatic rings. The van der Waals surface area contributed by atoms with Crippen molar-refractivity contribution < 1.29 is 14.7 Å². The Hall–Kier alpha value is -1.10. The van der Waals surface area contributed by atoms with E-state index in [1.165, 1.54) is 0 Å². The van der Waals surface area contributed by atoms with Crippen LogP contribution in [-0.2, 0) is 9.59 Å². The normalized spacial score (nSPS) is 21.9. The van der Waals surface area contributed by atoms with Crippen molar-refractivity contribution in [3.63, 3.8) is 0 Å². The minimum Gasteiger partial charge on any atom is -0.480 e. The summed E-state index contributed by atoms with van der Waals surface area (Å²) in [6, 6.07) is -0.799. The van der Waals surface area contributed by atoms with Gasteiger partial charge in [-0.1, -0.05) is 26.2 Å². The minimum atomic E-state index is -0.998. The van der Waals surface area contributed by atoms with E-state index in [2.05, 4.69) is 5.32 Å². The second-order valence-corrected chi connectivity index (χ2v) is 5.46. The van der Waals surface area contributed by atoms with Crippen LogP contribution in [0.4, 0.5) is 0 Å². The van der Waals surface area contributed by atoms with Gasteiger partial charge in [-0.25, -0.2) is 4.79 Å². The van der Waals surface area contributed by atoms with Gasteiger partial charge in [0.25, 0.3) is 0 Å². The van der Waals surface area contributed by atoms with Gasteiger partial charge in [-0.15, -0.1) is 0 Å². The summed E-state index contributed by atoms with van der Waals surface area (Å²) in [5.41, 5.74) is 4.83. The Labute approximate surface area is 108 Å². The molecule has 1 aliphatic carbocycles. The molecule has 0 aliphatic heterocycles. The number of carbonyl (C=O) groups is 2. The Morgan fingerprint density at radius 2 is 1.94 bits per heavy atom. The summed E-state index contributed by atoms with van der Waals surface area (Å²) in [6.45, 7) is 3.44. The monoisotopic (exact) mass is 256 g/mol. The van der Waals surface area contributed by atoms with E-state index in [-0.39, 0.29) is 11.8 Å². The predicted octanol–water partition coefficient (Wildman–Crippen LogP) is 1.26. The SMILES string of the molecule is CCC(C)(N)C(=O)NC(C(=O)O)C1CCCCC1. The Balaban J connectivity index is 2.68. The molecule has 2 atom stereocenters.